The highest BCUT2D eigenvalue weighted by Crippen LogP contribution is 2.20. The maximum absolute atomic E-state index is 5.69. The highest BCUT2D eigenvalue weighted by molar-refractivity contribution is 5.67. The Bertz CT molecular complexity index is 440. The van der Waals surface area contributed by atoms with Crippen LogP contribution in [-0.2, 0) is 13.5 Å². The number of H-pyrrole nitrogens is 1. The molecule has 0 unspecified atom stereocenters. The smallest absolute Gasteiger partial charge is 0.163 e. The fourth-order valence-corrected chi connectivity index (χ4v) is 1.30. The van der Waals surface area contributed by atoms with Crippen LogP contribution in [0, 0.1) is 0 Å². The zero-order valence-electron chi connectivity index (χ0n) is 8.15. The van der Waals surface area contributed by atoms with Crippen molar-refractivity contribution in [1.82, 2.24) is 25.0 Å². The van der Waals surface area contributed by atoms with Gasteiger partial charge in [0, 0.05) is 13.5 Å². The van der Waals surface area contributed by atoms with Gasteiger partial charge >= 0.3 is 0 Å². The molecule has 0 amide bonds. The van der Waals surface area contributed by atoms with E-state index in [0.717, 1.165) is 23.6 Å². The Morgan fingerprint density at radius 2 is 2.36 bits per heavy atom. The third-order valence-electron chi connectivity index (χ3n) is 2.03. The Hall–Kier alpha value is -1.85. The molecule has 0 aliphatic rings. The summed E-state index contributed by atoms with van der Waals surface area (Å²) in [6.45, 7) is 2.01. The minimum atomic E-state index is 0.517. The molecule has 0 fully saturated rings. The fourth-order valence-electron chi connectivity index (χ4n) is 1.30. The summed E-state index contributed by atoms with van der Waals surface area (Å²) in [6, 6.07) is 0. The van der Waals surface area contributed by atoms with Crippen molar-refractivity contribution >= 4 is 5.82 Å². The van der Waals surface area contributed by atoms with E-state index in [1.54, 1.807) is 10.9 Å². The lowest BCUT2D eigenvalue weighted by molar-refractivity contribution is 0.753. The molecule has 0 aliphatic carbocycles. The summed E-state index contributed by atoms with van der Waals surface area (Å²) in [6.07, 6.45) is 2.46. The number of nitrogens with one attached hydrogen (secondary N) is 1. The van der Waals surface area contributed by atoms with E-state index < -0.39 is 0 Å². The maximum Gasteiger partial charge on any atom is 0.163 e. The molecule has 0 aromatic carbocycles. The van der Waals surface area contributed by atoms with Crippen LogP contribution in [0.5, 0.6) is 0 Å². The second kappa shape index (κ2) is 3.13. The molecule has 6 heteroatoms. The van der Waals surface area contributed by atoms with Gasteiger partial charge < -0.3 is 5.73 Å². The van der Waals surface area contributed by atoms with Crippen LogP contribution in [0.25, 0.3) is 11.4 Å². The van der Waals surface area contributed by atoms with E-state index in [0.29, 0.717) is 5.82 Å². The topological polar surface area (TPSA) is 85.4 Å². The zero-order valence-corrected chi connectivity index (χ0v) is 8.15. The molecule has 0 spiro atoms. The molecule has 2 rings (SSSR count). The van der Waals surface area contributed by atoms with E-state index in [1.165, 1.54) is 0 Å². The Kier molecular flexibility index (Phi) is 1.95. The number of nitrogens with two attached hydrogens (primary N) is 1. The standard InChI is InChI=1S/C8H12N6/c1-3-6-11-8(14(2)13-6)5-4-10-12-7(5)9/h4H,3H2,1-2H3,(H3,9,10,12). The number of aryl methyl sites for hydroxylation is 2. The minimum Gasteiger partial charge on any atom is -0.383 e. The van der Waals surface area contributed by atoms with Crippen molar-refractivity contribution in [3.05, 3.63) is 12.0 Å². The Labute approximate surface area is 81.1 Å². The summed E-state index contributed by atoms with van der Waals surface area (Å²) in [5.41, 5.74) is 6.48. The van der Waals surface area contributed by atoms with Gasteiger partial charge in [0.25, 0.3) is 0 Å². The molecule has 0 atom stereocenters. The van der Waals surface area contributed by atoms with Crippen molar-refractivity contribution in [2.75, 3.05) is 5.73 Å². The Morgan fingerprint density at radius 1 is 1.57 bits per heavy atom. The molecule has 0 saturated carbocycles. The van der Waals surface area contributed by atoms with Gasteiger partial charge in [-0.3, -0.25) is 5.10 Å². The van der Waals surface area contributed by atoms with Gasteiger partial charge in [-0.2, -0.15) is 10.2 Å². The first-order valence-corrected chi connectivity index (χ1v) is 4.41. The molecule has 0 aliphatic heterocycles. The first-order chi connectivity index (χ1) is 6.72. The quantitative estimate of drug-likeness (QED) is 0.718. The Balaban J connectivity index is 2.51. The van der Waals surface area contributed by atoms with Crippen LogP contribution in [-0.4, -0.2) is 25.0 Å². The third-order valence-corrected chi connectivity index (χ3v) is 2.03. The fraction of sp³-hybridized carbons (Fsp3) is 0.375. The molecular formula is C8H12N6. The summed E-state index contributed by atoms with van der Waals surface area (Å²) >= 11 is 0. The number of nitrogen functional groups attached to an aromatic ring is 1. The molecule has 0 saturated heterocycles. The van der Waals surface area contributed by atoms with Gasteiger partial charge in [0.15, 0.2) is 11.6 Å². The predicted molar refractivity (Wildman–Crippen MR) is 52.4 cm³/mol. The van der Waals surface area contributed by atoms with Crippen LogP contribution in [0.2, 0.25) is 0 Å². The molecule has 14 heavy (non-hydrogen) atoms. The van der Waals surface area contributed by atoms with Crippen molar-refractivity contribution in [2.45, 2.75) is 13.3 Å². The second-order valence-corrected chi connectivity index (χ2v) is 3.03. The first-order valence-electron chi connectivity index (χ1n) is 4.41. The van der Waals surface area contributed by atoms with E-state index in [2.05, 4.69) is 20.3 Å². The average molecular weight is 192 g/mol. The van der Waals surface area contributed by atoms with Crippen LogP contribution in [0.4, 0.5) is 5.82 Å². The molecular weight excluding hydrogens is 180 g/mol. The van der Waals surface area contributed by atoms with E-state index in [9.17, 15) is 0 Å². The molecule has 2 heterocycles. The van der Waals surface area contributed by atoms with Crippen LogP contribution >= 0.6 is 0 Å². The van der Waals surface area contributed by atoms with Gasteiger partial charge in [0.2, 0.25) is 0 Å². The van der Waals surface area contributed by atoms with Crippen molar-refractivity contribution < 1.29 is 0 Å². The highest BCUT2D eigenvalue weighted by Gasteiger charge is 2.12. The van der Waals surface area contributed by atoms with Crippen molar-refractivity contribution in [3.8, 4) is 11.4 Å². The number of nitrogens with zero attached hydrogens (tertiary/aromatic N) is 4. The summed E-state index contributed by atoms with van der Waals surface area (Å²) < 4.78 is 1.71. The molecule has 3 N–H and O–H groups in total. The lowest BCUT2D eigenvalue weighted by atomic mass is 10.3. The predicted octanol–water partition coefficient (Wildman–Crippen LogP) is 0.350. The lowest BCUT2D eigenvalue weighted by Gasteiger charge is -1.95. The lowest BCUT2D eigenvalue weighted by Crippen LogP contribution is -1.96. The number of aromatic amines is 1. The molecule has 0 radical (unpaired) electrons. The maximum atomic E-state index is 5.69. The third kappa shape index (κ3) is 1.24. The van der Waals surface area contributed by atoms with Crippen molar-refractivity contribution in [2.24, 2.45) is 7.05 Å². The molecule has 74 valence electrons. The van der Waals surface area contributed by atoms with E-state index in [4.69, 9.17) is 5.73 Å². The summed E-state index contributed by atoms with van der Waals surface area (Å²) in [5.74, 6) is 2.07. The number of hydrogen-bond donors (Lipinski definition) is 2. The zero-order chi connectivity index (χ0) is 10.1. The molecule has 6 nitrogen and oxygen atoms in total. The minimum absolute atomic E-state index is 0.517. The van der Waals surface area contributed by atoms with Crippen LogP contribution in [0.3, 0.4) is 0 Å². The van der Waals surface area contributed by atoms with Gasteiger partial charge in [0.1, 0.15) is 5.82 Å². The number of anilines is 1. The van der Waals surface area contributed by atoms with Crippen molar-refractivity contribution in [3.63, 3.8) is 0 Å². The van der Waals surface area contributed by atoms with Gasteiger partial charge in [-0.25, -0.2) is 9.67 Å². The highest BCUT2D eigenvalue weighted by atomic mass is 15.3. The largest absolute Gasteiger partial charge is 0.383 e. The van der Waals surface area contributed by atoms with Crippen molar-refractivity contribution in [1.29, 1.82) is 0 Å². The van der Waals surface area contributed by atoms with Gasteiger partial charge in [-0.05, 0) is 0 Å². The van der Waals surface area contributed by atoms with E-state index >= 15 is 0 Å². The number of hydrogen-bond acceptors (Lipinski definition) is 4. The SMILES string of the molecule is CCc1nc(-c2cn[nH]c2N)n(C)n1. The molecule has 0 bridgehead atoms. The summed E-state index contributed by atoms with van der Waals surface area (Å²) in [5, 5.41) is 10.7. The monoisotopic (exact) mass is 192 g/mol. The van der Waals surface area contributed by atoms with Gasteiger partial charge in [-0.1, -0.05) is 6.92 Å². The van der Waals surface area contributed by atoms with Crippen LogP contribution in [0.1, 0.15) is 12.7 Å². The second-order valence-electron chi connectivity index (χ2n) is 3.03. The van der Waals surface area contributed by atoms with Gasteiger partial charge in [-0.15, -0.1) is 0 Å². The molecule has 2 aromatic heterocycles. The summed E-state index contributed by atoms with van der Waals surface area (Å²) in [7, 11) is 1.84. The number of aromatic nitrogens is 5. The Morgan fingerprint density at radius 3 is 2.86 bits per heavy atom. The normalized spacial score (nSPS) is 10.7. The first kappa shape index (κ1) is 8.74. The van der Waals surface area contributed by atoms with E-state index in [1.807, 2.05) is 14.0 Å². The summed E-state index contributed by atoms with van der Waals surface area (Å²) in [4.78, 5) is 4.34. The van der Waals surface area contributed by atoms with Gasteiger partial charge in [0.05, 0.1) is 11.8 Å². The van der Waals surface area contributed by atoms with Crippen LogP contribution < -0.4 is 5.73 Å². The molecule has 2 aromatic rings. The average Bonchev–Trinajstić information content (AvgIpc) is 2.72. The van der Waals surface area contributed by atoms with Crippen LogP contribution in [0.15, 0.2) is 6.20 Å². The number of rotatable bonds is 2. The van der Waals surface area contributed by atoms with E-state index in [-0.39, 0.29) is 0 Å².